The third-order valence-corrected chi connectivity index (χ3v) is 7.40. The van der Waals surface area contributed by atoms with Gasteiger partial charge in [-0.3, -0.25) is 9.59 Å². The molecule has 17 heteroatoms. The highest BCUT2D eigenvalue weighted by Crippen LogP contribution is 2.59. The first-order valence-electron chi connectivity index (χ1n) is 12.0. The molecule has 3 aromatic rings. The van der Waals surface area contributed by atoms with Crippen LogP contribution in [0.4, 0.5) is 50.9 Å². The van der Waals surface area contributed by atoms with Crippen LogP contribution in [0.25, 0.3) is 0 Å². The van der Waals surface area contributed by atoms with Crippen molar-refractivity contribution in [1.29, 1.82) is 10.5 Å². The van der Waals surface area contributed by atoms with Gasteiger partial charge >= 0.3 is 23.9 Å². The van der Waals surface area contributed by atoms with Crippen LogP contribution in [-0.4, -0.2) is 36.3 Å². The van der Waals surface area contributed by atoms with Crippen LogP contribution in [0.3, 0.4) is 0 Å². The molecule has 3 aromatic carbocycles. The lowest BCUT2D eigenvalue weighted by molar-refractivity contribution is -0.389. The first kappa shape index (κ1) is 35.1. The summed E-state index contributed by atoms with van der Waals surface area (Å²) in [6.07, 6.45) is -12.6. The quantitative estimate of drug-likeness (QED) is 0.193. The van der Waals surface area contributed by atoms with E-state index in [2.05, 4.69) is 10.6 Å². The fraction of sp³-hybridized carbons (Fsp3) is 0.214. The van der Waals surface area contributed by atoms with Gasteiger partial charge in [-0.1, -0.05) is 11.6 Å². The molecule has 0 aliphatic carbocycles. The number of alkyl halides is 9. The second-order valence-corrected chi connectivity index (χ2v) is 10.4. The number of rotatable bonds is 7. The fourth-order valence-corrected chi connectivity index (χ4v) is 4.96. The van der Waals surface area contributed by atoms with Crippen molar-refractivity contribution in [3.63, 3.8) is 0 Å². The Morgan fingerprint density at radius 3 is 1.98 bits per heavy atom. The highest BCUT2D eigenvalue weighted by molar-refractivity contribution is 7.98. The molecular formula is C28H16ClF9N4O2S. The van der Waals surface area contributed by atoms with Crippen molar-refractivity contribution in [2.75, 3.05) is 16.9 Å². The molecule has 2 N–H and O–H groups in total. The van der Waals surface area contributed by atoms with Crippen molar-refractivity contribution < 1.29 is 49.1 Å². The molecule has 0 bridgehead atoms. The summed E-state index contributed by atoms with van der Waals surface area (Å²) in [5, 5.41) is 22.1. The number of benzene rings is 3. The van der Waals surface area contributed by atoms with Crippen molar-refractivity contribution in [3.05, 3.63) is 86.9 Å². The molecule has 3 rings (SSSR count). The van der Waals surface area contributed by atoms with Crippen LogP contribution in [0, 0.1) is 29.6 Å². The van der Waals surface area contributed by atoms with Crippen LogP contribution in [-0.2, 0) is 5.67 Å². The van der Waals surface area contributed by atoms with Crippen LogP contribution in [0.1, 0.15) is 43.0 Å². The summed E-state index contributed by atoms with van der Waals surface area (Å²) in [4.78, 5) is 25.3. The van der Waals surface area contributed by atoms with Crippen molar-refractivity contribution in [2.24, 2.45) is 0 Å². The van der Waals surface area contributed by atoms with E-state index in [-0.39, 0.29) is 40.1 Å². The second-order valence-electron chi connectivity index (χ2n) is 9.19. The summed E-state index contributed by atoms with van der Waals surface area (Å²) in [6.45, 7) is 1.55. The molecule has 0 aliphatic heterocycles. The van der Waals surface area contributed by atoms with Gasteiger partial charge in [0.1, 0.15) is 6.07 Å². The molecule has 0 saturated carbocycles. The number of nitrogens with zero attached hydrogens (tertiary/aromatic N) is 2. The summed E-state index contributed by atoms with van der Waals surface area (Å²) >= 11 is 6.35. The van der Waals surface area contributed by atoms with Gasteiger partial charge in [0, 0.05) is 21.6 Å². The van der Waals surface area contributed by atoms with E-state index in [1.165, 1.54) is 18.2 Å². The van der Waals surface area contributed by atoms with Gasteiger partial charge in [-0.25, -0.2) is 4.39 Å². The van der Waals surface area contributed by atoms with Gasteiger partial charge in [0.2, 0.25) is 0 Å². The zero-order valence-electron chi connectivity index (χ0n) is 22.5. The molecule has 236 valence electrons. The summed E-state index contributed by atoms with van der Waals surface area (Å²) in [6, 6.07) is 11.1. The van der Waals surface area contributed by atoms with E-state index in [1.54, 1.807) is 13.0 Å². The van der Waals surface area contributed by atoms with Gasteiger partial charge in [0.25, 0.3) is 11.8 Å². The molecule has 6 nitrogen and oxygen atoms in total. The van der Waals surface area contributed by atoms with Crippen molar-refractivity contribution in [3.8, 4) is 12.1 Å². The van der Waals surface area contributed by atoms with Crippen molar-refractivity contribution in [1.82, 2.24) is 0 Å². The Morgan fingerprint density at radius 1 is 0.822 bits per heavy atom. The van der Waals surface area contributed by atoms with E-state index in [9.17, 15) is 50.0 Å². The second kappa shape index (κ2) is 12.5. The predicted molar refractivity (Wildman–Crippen MR) is 146 cm³/mol. The molecule has 0 radical (unpaired) electrons. The van der Waals surface area contributed by atoms with Gasteiger partial charge in [-0.15, -0.1) is 11.8 Å². The first-order chi connectivity index (χ1) is 20.7. The molecule has 0 aromatic heterocycles. The Bertz CT molecular complexity index is 1760. The molecule has 0 aliphatic rings. The van der Waals surface area contributed by atoms with Crippen LogP contribution in [0.5, 0.6) is 0 Å². The zero-order chi connectivity index (χ0) is 34.1. The number of aryl methyl sites for hydroxylation is 1. The minimum Gasteiger partial charge on any atom is -0.321 e. The lowest BCUT2D eigenvalue weighted by Crippen LogP contribution is -2.59. The third-order valence-electron chi connectivity index (χ3n) is 6.34. The maximum absolute atomic E-state index is 15.0. The summed E-state index contributed by atoms with van der Waals surface area (Å²) in [5.41, 5.74) is -8.67. The van der Waals surface area contributed by atoms with Crippen LogP contribution in [0.2, 0.25) is 5.02 Å². The van der Waals surface area contributed by atoms with Crippen molar-refractivity contribution >= 4 is 46.6 Å². The Hall–Kier alpha value is -4.41. The topological polar surface area (TPSA) is 106 Å². The van der Waals surface area contributed by atoms with Crippen LogP contribution < -0.4 is 10.6 Å². The van der Waals surface area contributed by atoms with Gasteiger partial charge in [-0.2, -0.15) is 45.6 Å². The van der Waals surface area contributed by atoms with Gasteiger partial charge < -0.3 is 10.6 Å². The lowest BCUT2D eigenvalue weighted by Gasteiger charge is -2.36. The Morgan fingerprint density at radius 2 is 1.47 bits per heavy atom. The smallest absolute Gasteiger partial charge is 0.321 e. The lowest BCUT2D eigenvalue weighted by atomic mass is 9.87. The molecule has 0 fully saturated rings. The first-order valence-corrected chi connectivity index (χ1v) is 13.6. The van der Waals surface area contributed by atoms with E-state index in [1.807, 2.05) is 6.07 Å². The molecule has 0 saturated heterocycles. The van der Waals surface area contributed by atoms with E-state index in [4.69, 9.17) is 16.9 Å². The molecule has 2 amide bonds. The van der Waals surface area contributed by atoms with Crippen LogP contribution in [0.15, 0.2) is 53.4 Å². The van der Waals surface area contributed by atoms with E-state index in [0.717, 1.165) is 24.5 Å². The van der Waals surface area contributed by atoms with E-state index in [0.29, 0.717) is 17.3 Å². The summed E-state index contributed by atoms with van der Waals surface area (Å²) < 4.78 is 122. The molecule has 0 heterocycles. The maximum atomic E-state index is 15.0. The third kappa shape index (κ3) is 6.53. The number of halogens is 10. The summed E-state index contributed by atoms with van der Waals surface area (Å²) in [5.74, 6) is -8.72. The van der Waals surface area contributed by atoms with E-state index < -0.39 is 56.9 Å². The number of anilines is 2. The van der Waals surface area contributed by atoms with Crippen molar-refractivity contribution in [2.45, 2.75) is 35.8 Å². The average Bonchev–Trinajstić information content (AvgIpc) is 2.95. The number of amides is 2. The number of nitrogens with one attached hydrogen (secondary N) is 2. The number of thioether (sulfide) groups is 1. The normalized spacial score (nSPS) is 13.3. The standard InChI is InChI=1S/C28H16ClF9N4O2S/c1-13-7-14(11-39)3-6-18(13)24(44)41-20-8-15(4-5-16(20)12-40)23(43)42-22-19(29)9-17(10-21(22)45-2)25(30,27(33,34)35)26(31,32)28(36,37)38/h3-10H,1-2H3,(H,41,44)(H,42,43). The summed E-state index contributed by atoms with van der Waals surface area (Å²) in [7, 11) is 0. The SMILES string of the molecule is CSc1cc(C(F)(C(F)(F)F)C(F)(F)C(F)(F)F)cc(Cl)c1NC(=O)c1ccc(C#N)c(NC(=O)c2ccc(C#N)cc2C)c1. The minimum absolute atomic E-state index is 0.0592. The van der Waals surface area contributed by atoms with Gasteiger partial charge in [0.15, 0.2) is 0 Å². The molecular weight excluding hydrogens is 663 g/mol. The Labute approximate surface area is 257 Å². The Kier molecular flexibility index (Phi) is 9.77. The highest BCUT2D eigenvalue weighted by atomic mass is 35.5. The fourth-order valence-electron chi connectivity index (χ4n) is 4.03. The molecule has 1 atom stereocenters. The number of carbonyl (C=O) groups is 2. The zero-order valence-corrected chi connectivity index (χ0v) is 24.1. The van der Waals surface area contributed by atoms with E-state index >= 15 is 4.39 Å². The molecule has 45 heavy (non-hydrogen) atoms. The average molecular weight is 679 g/mol. The highest BCUT2D eigenvalue weighted by Gasteiger charge is 2.81. The number of carbonyl (C=O) groups excluding carboxylic acids is 2. The van der Waals surface area contributed by atoms with Gasteiger partial charge in [0.05, 0.1) is 33.6 Å². The maximum Gasteiger partial charge on any atom is 0.457 e. The van der Waals surface area contributed by atoms with Gasteiger partial charge in [-0.05, 0) is 67.3 Å². The Balaban J connectivity index is 2.02. The number of hydrogen-bond acceptors (Lipinski definition) is 5. The number of nitriles is 2. The number of hydrogen-bond donors (Lipinski definition) is 2. The largest absolute Gasteiger partial charge is 0.457 e. The monoisotopic (exact) mass is 678 g/mol. The predicted octanol–water partition coefficient (Wildman–Crippen LogP) is 8.54. The minimum atomic E-state index is -6.95. The molecule has 1 unspecified atom stereocenters. The molecule has 0 spiro atoms. The van der Waals surface area contributed by atoms with Crippen LogP contribution >= 0.6 is 23.4 Å².